The van der Waals surface area contributed by atoms with Gasteiger partial charge in [-0.25, -0.2) is 0 Å². The summed E-state index contributed by atoms with van der Waals surface area (Å²) in [5, 5.41) is 1.41. The molecule has 0 aliphatic heterocycles. The van der Waals surface area contributed by atoms with E-state index >= 15 is 0 Å². The molecule has 0 saturated carbocycles. The van der Waals surface area contributed by atoms with Gasteiger partial charge in [0.25, 0.3) is 0 Å². The molecule has 0 saturated heterocycles. The number of hydrogen-bond acceptors (Lipinski definition) is 0. The minimum Gasteiger partial charge on any atom is -0.0843 e. The van der Waals surface area contributed by atoms with Crippen LogP contribution in [0.4, 0.5) is 0 Å². The molecule has 1 aliphatic rings. The van der Waals surface area contributed by atoms with E-state index in [1.807, 2.05) is 12.1 Å². The second-order valence-corrected chi connectivity index (χ2v) is 6.41. The van der Waals surface area contributed by atoms with E-state index in [1.54, 1.807) is 6.07 Å². The van der Waals surface area contributed by atoms with Crippen LogP contribution in [0, 0.1) is 0 Å². The van der Waals surface area contributed by atoms with Gasteiger partial charge in [0.05, 0.1) is 0 Å². The number of halogens is 3. The first kappa shape index (κ1) is 12.5. The summed E-state index contributed by atoms with van der Waals surface area (Å²) < 4.78 is 0. The van der Waals surface area contributed by atoms with E-state index in [1.165, 1.54) is 11.1 Å². The first-order valence-corrected chi connectivity index (χ1v) is 7.51. The average molecular weight is 342 g/mol. The van der Waals surface area contributed by atoms with Crippen molar-refractivity contribution in [2.24, 2.45) is 0 Å². The highest BCUT2D eigenvalue weighted by Crippen LogP contribution is 2.49. The molecule has 0 bridgehead atoms. The summed E-state index contributed by atoms with van der Waals surface area (Å²) in [5.74, 6) is 0.500. The van der Waals surface area contributed by atoms with Crippen molar-refractivity contribution in [3.63, 3.8) is 0 Å². The highest BCUT2D eigenvalue weighted by Gasteiger charge is 2.32. The van der Waals surface area contributed by atoms with E-state index in [2.05, 4.69) is 40.2 Å². The van der Waals surface area contributed by atoms with Crippen LogP contribution in [0.1, 0.15) is 27.4 Å². The number of hydrogen-bond donors (Lipinski definition) is 0. The molecule has 0 fully saturated rings. The van der Waals surface area contributed by atoms with Gasteiger partial charge in [0.2, 0.25) is 0 Å². The van der Waals surface area contributed by atoms with E-state index in [4.69, 9.17) is 23.2 Å². The van der Waals surface area contributed by atoms with Crippen molar-refractivity contribution < 1.29 is 0 Å². The first-order chi connectivity index (χ1) is 8.66. The highest BCUT2D eigenvalue weighted by atomic mass is 79.9. The summed E-state index contributed by atoms with van der Waals surface area (Å²) >= 11 is 16.0. The molecule has 0 aromatic heterocycles. The molecule has 3 rings (SSSR count). The molecule has 1 aliphatic carbocycles. The topological polar surface area (TPSA) is 0 Å². The molecule has 0 radical (unpaired) electrons. The first-order valence-electron chi connectivity index (χ1n) is 5.83. The smallest absolute Gasteiger partial charge is 0.0481 e. The molecular weight excluding hydrogens is 331 g/mol. The predicted molar refractivity (Wildman–Crippen MR) is 81.0 cm³/mol. The monoisotopic (exact) mass is 340 g/mol. The summed E-state index contributed by atoms with van der Waals surface area (Å²) in [6.07, 6.45) is 1.10. The van der Waals surface area contributed by atoms with Crippen LogP contribution in [0.15, 0.2) is 42.5 Å². The summed E-state index contributed by atoms with van der Waals surface area (Å²) in [7, 11) is 0. The second kappa shape index (κ2) is 4.88. The third-order valence-corrected chi connectivity index (χ3v) is 5.20. The molecule has 0 heterocycles. The van der Waals surface area contributed by atoms with Crippen LogP contribution < -0.4 is 0 Å². The maximum Gasteiger partial charge on any atom is 0.0481 e. The van der Waals surface area contributed by atoms with Crippen LogP contribution in [0.3, 0.4) is 0 Å². The molecule has 2 atom stereocenters. The molecule has 2 unspecified atom stereocenters. The summed E-state index contributed by atoms with van der Waals surface area (Å²) in [5.41, 5.74) is 3.97. The third-order valence-electron chi connectivity index (χ3n) is 3.51. The maximum absolute atomic E-state index is 6.26. The lowest BCUT2D eigenvalue weighted by atomic mass is 9.74. The van der Waals surface area contributed by atoms with Crippen LogP contribution in [0.2, 0.25) is 10.0 Å². The molecule has 0 nitrogen and oxygen atoms in total. The zero-order chi connectivity index (χ0) is 12.7. The largest absolute Gasteiger partial charge is 0.0843 e. The Bertz CT molecular complexity index is 595. The molecular formula is C15H11BrCl2. The van der Waals surface area contributed by atoms with Gasteiger partial charge in [-0.3, -0.25) is 0 Å². The molecule has 0 N–H and O–H groups in total. The zero-order valence-electron chi connectivity index (χ0n) is 9.54. The van der Waals surface area contributed by atoms with Crippen molar-refractivity contribution in [2.75, 3.05) is 0 Å². The molecule has 92 valence electrons. The van der Waals surface area contributed by atoms with Crippen LogP contribution in [0.25, 0.3) is 0 Å². The summed E-state index contributed by atoms with van der Waals surface area (Å²) in [6.45, 7) is 0. The van der Waals surface area contributed by atoms with Gasteiger partial charge < -0.3 is 0 Å². The Morgan fingerprint density at radius 2 is 1.89 bits per heavy atom. The number of rotatable bonds is 2. The van der Waals surface area contributed by atoms with Gasteiger partial charge in [-0.15, -0.1) is 0 Å². The Balaban J connectivity index is 1.91. The quantitative estimate of drug-likeness (QED) is 0.608. The SMILES string of the molecule is Clc1ccc(C(Br)C2Cc3ccccc32)c(Cl)c1. The van der Waals surface area contributed by atoms with Crippen LogP contribution in [-0.2, 0) is 6.42 Å². The summed E-state index contributed by atoms with van der Waals surface area (Å²) in [6, 6.07) is 14.3. The van der Waals surface area contributed by atoms with Crippen LogP contribution in [0.5, 0.6) is 0 Å². The van der Waals surface area contributed by atoms with E-state index in [-0.39, 0.29) is 4.83 Å². The van der Waals surface area contributed by atoms with E-state index in [9.17, 15) is 0 Å². The van der Waals surface area contributed by atoms with E-state index in [0.717, 1.165) is 17.0 Å². The minimum absolute atomic E-state index is 0.247. The molecule has 18 heavy (non-hydrogen) atoms. The molecule has 2 aromatic rings. The Labute approximate surface area is 125 Å². The maximum atomic E-state index is 6.26. The summed E-state index contributed by atoms with van der Waals surface area (Å²) in [4.78, 5) is 0.247. The standard InChI is InChI=1S/C15H11BrCl2/c16-15(12-6-5-10(17)8-14(12)18)13-7-9-3-1-2-4-11(9)13/h1-6,8,13,15H,7H2. The van der Waals surface area contributed by atoms with Gasteiger partial charge in [-0.05, 0) is 35.2 Å². The lowest BCUT2D eigenvalue weighted by Crippen LogP contribution is -2.20. The second-order valence-electron chi connectivity index (χ2n) is 4.58. The van der Waals surface area contributed by atoms with Crippen LogP contribution in [-0.4, -0.2) is 0 Å². The van der Waals surface area contributed by atoms with Crippen molar-refractivity contribution in [2.45, 2.75) is 17.2 Å². The number of benzene rings is 2. The zero-order valence-corrected chi connectivity index (χ0v) is 12.6. The fraction of sp³-hybridized carbons (Fsp3) is 0.200. The molecule has 0 spiro atoms. The van der Waals surface area contributed by atoms with Crippen molar-refractivity contribution in [3.05, 3.63) is 69.2 Å². The van der Waals surface area contributed by atoms with Crippen LogP contribution >= 0.6 is 39.1 Å². The Hall–Kier alpha value is -0.500. The van der Waals surface area contributed by atoms with Gasteiger partial charge in [0.1, 0.15) is 0 Å². The molecule has 2 aromatic carbocycles. The molecule has 0 amide bonds. The normalized spacial score (nSPS) is 18.9. The predicted octanol–water partition coefficient (Wildman–Crippen LogP) is 5.77. The fourth-order valence-corrected chi connectivity index (χ4v) is 4.03. The minimum atomic E-state index is 0.247. The average Bonchev–Trinajstić information content (AvgIpc) is 2.30. The van der Waals surface area contributed by atoms with Gasteiger partial charge in [-0.1, -0.05) is 69.5 Å². The number of alkyl halides is 1. The Morgan fingerprint density at radius 3 is 2.61 bits per heavy atom. The Kier molecular flexibility index (Phi) is 3.40. The van der Waals surface area contributed by atoms with Crippen molar-refractivity contribution >= 4 is 39.1 Å². The third kappa shape index (κ3) is 2.09. The number of fused-ring (bicyclic) bond motifs is 1. The lowest BCUT2D eigenvalue weighted by molar-refractivity contribution is 0.600. The van der Waals surface area contributed by atoms with Gasteiger partial charge in [0.15, 0.2) is 0 Å². The van der Waals surface area contributed by atoms with Crippen molar-refractivity contribution in [1.29, 1.82) is 0 Å². The van der Waals surface area contributed by atoms with Gasteiger partial charge in [0, 0.05) is 20.8 Å². The van der Waals surface area contributed by atoms with Gasteiger partial charge in [-0.2, -0.15) is 0 Å². The lowest BCUT2D eigenvalue weighted by Gasteiger charge is -2.34. The Morgan fingerprint density at radius 1 is 1.11 bits per heavy atom. The van der Waals surface area contributed by atoms with Crippen molar-refractivity contribution in [3.8, 4) is 0 Å². The van der Waals surface area contributed by atoms with E-state index < -0.39 is 0 Å². The van der Waals surface area contributed by atoms with E-state index in [0.29, 0.717) is 10.9 Å². The fourth-order valence-electron chi connectivity index (χ4n) is 2.50. The van der Waals surface area contributed by atoms with Gasteiger partial charge >= 0.3 is 0 Å². The van der Waals surface area contributed by atoms with Crippen molar-refractivity contribution in [1.82, 2.24) is 0 Å². The highest BCUT2D eigenvalue weighted by molar-refractivity contribution is 9.09. The molecule has 3 heteroatoms.